The average molecular weight is 346 g/mol. The highest BCUT2D eigenvalue weighted by atomic mass is 35.5. The third kappa shape index (κ3) is 4.64. The Morgan fingerprint density at radius 3 is 2.73 bits per heavy atom. The Hall–Kier alpha value is -1.21. The molecule has 0 saturated carbocycles. The molecular formula is C14H20ClN3O3S. The molecule has 8 heteroatoms. The minimum absolute atomic E-state index is 0.170. The Morgan fingerprint density at radius 1 is 1.41 bits per heavy atom. The standard InChI is InChI=1S/C14H20ClN3O3S/c1-14(2,3)21-13(19)18-8-4-5-10(9-18)22(20)12-7-6-11(15)16-17-12/h6-7,10H,4-5,8-9H2,1-3H3. The van der Waals surface area contributed by atoms with E-state index in [9.17, 15) is 9.00 Å². The summed E-state index contributed by atoms with van der Waals surface area (Å²) in [6.45, 7) is 6.50. The summed E-state index contributed by atoms with van der Waals surface area (Å²) in [6, 6.07) is 3.17. The summed E-state index contributed by atoms with van der Waals surface area (Å²) >= 11 is 5.69. The number of aromatic nitrogens is 2. The lowest BCUT2D eigenvalue weighted by Crippen LogP contribution is -2.45. The van der Waals surface area contributed by atoms with Crippen LogP contribution in [0.15, 0.2) is 17.2 Å². The second-order valence-corrected chi connectivity index (χ2v) is 8.25. The van der Waals surface area contributed by atoms with Crippen molar-refractivity contribution in [1.29, 1.82) is 0 Å². The van der Waals surface area contributed by atoms with Crippen LogP contribution in [0.2, 0.25) is 5.15 Å². The quantitative estimate of drug-likeness (QED) is 0.823. The van der Waals surface area contributed by atoms with Gasteiger partial charge in [0.2, 0.25) is 0 Å². The fourth-order valence-electron chi connectivity index (χ4n) is 2.19. The molecule has 1 aromatic heterocycles. The first-order chi connectivity index (χ1) is 10.3. The van der Waals surface area contributed by atoms with E-state index in [-0.39, 0.29) is 16.5 Å². The normalized spacial score (nSPS) is 20.5. The number of hydrogen-bond acceptors (Lipinski definition) is 5. The Balaban J connectivity index is 2.02. The van der Waals surface area contributed by atoms with Gasteiger partial charge in [-0.15, -0.1) is 10.2 Å². The average Bonchev–Trinajstić information content (AvgIpc) is 2.46. The maximum Gasteiger partial charge on any atom is 0.410 e. The van der Waals surface area contributed by atoms with E-state index in [0.717, 1.165) is 12.8 Å². The van der Waals surface area contributed by atoms with Crippen LogP contribution in [0.5, 0.6) is 0 Å². The fraction of sp³-hybridized carbons (Fsp3) is 0.643. The van der Waals surface area contributed by atoms with Gasteiger partial charge in [-0.05, 0) is 45.7 Å². The van der Waals surface area contributed by atoms with Crippen molar-refractivity contribution in [2.24, 2.45) is 0 Å². The van der Waals surface area contributed by atoms with E-state index in [0.29, 0.717) is 18.1 Å². The van der Waals surface area contributed by atoms with Crippen molar-refractivity contribution in [2.45, 2.75) is 49.5 Å². The highest BCUT2D eigenvalue weighted by Gasteiger charge is 2.31. The van der Waals surface area contributed by atoms with E-state index >= 15 is 0 Å². The van der Waals surface area contributed by atoms with Gasteiger partial charge in [0.1, 0.15) is 10.6 Å². The molecule has 22 heavy (non-hydrogen) atoms. The number of carbonyl (C=O) groups is 1. The van der Waals surface area contributed by atoms with Gasteiger partial charge in [-0.25, -0.2) is 4.79 Å². The number of hydrogen-bond donors (Lipinski definition) is 0. The minimum atomic E-state index is -1.32. The third-order valence-corrected chi connectivity index (χ3v) is 4.97. The molecule has 0 aromatic carbocycles. The fourth-order valence-corrected chi connectivity index (χ4v) is 3.65. The van der Waals surface area contributed by atoms with Crippen LogP contribution in [0.25, 0.3) is 0 Å². The zero-order chi connectivity index (χ0) is 16.3. The number of ether oxygens (including phenoxy) is 1. The van der Waals surface area contributed by atoms with Gasteiger partial charge in [-0.2, -0.15) is 0 Å². The number of halogens is 1. The summed E-state index contributed by atoms with van der Waals surface area (Å²) < 4.78 is 17.9. The van der Waals surface area contributed by atoms with Gasteiger partial charge >= 0.3 is 6.09 Å². The van der Waals surface area contributed by atoms with E-state index in [2.05, 4.69) is 10.2 Å². The number of amides is 1. The molecule has 1 aromatic rings. The van der Waals surface area contributed by atoms with E-state index in [4.69, 9.17) is 16.3 Å². The van der Waals surface area contributed by atoms with Gasteiger partial charge in [0.05, 0.1) is 16.0 Å². The molecule has 6 nitrogen and oxygen atoms in total. The lowest BCUT2D eigenvalue weighted by molar-refractivity contribution is 0.0219. The summed E-state index contributed by atoms with van der Waals surface area (Å²) in [6.07, 6.45) is 1.20. The topological polar surface area (TPSA) is 72.4 Å². The van der Waals surface area contributed by atoms with Crippen LogP contribution in [0, 0.1) is 0 Å². The van der Waals surface area contributed by atoms with Crippen LogP contribution in [-0.2, 0) is 15.5 Å². The van der Waals surface area contributed by atoms with Gasteiger partial charge in [0, 0.05) is 13.1 Å². The highest BCUT2D eigenvalue weighted by molar-refractivity contribution is 7.85. The first kappa shape index (κ1) is 17.1. The smallest absolute Gasteiger partial charge is 0.410 e. The largest absolute Gasteiger partial charge is 0.444 e. The van der Waals surface area contributed by atoms with Crippen molar-refractivity contribution in [2.75, 3.05) is 13.1 Å². The predicted octanol–water partition coefficient (Wildman–Crippen LogP) is 2.64. The molecule has 0 radical (unpaired) electrons. The Labute approximate surface area is 137 Å². The second-order valence-electron chi connectivity index (χ2n) is 6.18. The molecule has 0 bridgehead atoms. The van der Waals surface area contributed by atoms with Crippen LogP contribution >= 0.6 is 11.6 Å². The SMILES string of the molecule is CC(C)(C)OC(=O)N1CCCC(S(=O)c2ccc(Cl)nn2)C1. The summed E-state index contributed by atoms with van der Waals surface area (Å²) in [5.41, 5.74) is -0.537. The van der Waals surface area contributed by atoms with Crippen molar-refractivity contribution in [3.05, 3.63) is 17.3 Å². The molecule has 1 aliphatic heterocycles. The van der Waals surface area contributed by atoms with E-state index in [1.165, 1.54) is 0 Å². The summed E-state index contributed by atoms with van der Waals surface area (Å²) in [5.74, 6) is 0. The van der Waals surface area contributed by atoms with E-state index < -0.39 is 16.4 Å². The van der Waals surface area contributed by atoms with Gasteiger partial charge < -0.3 is 9.64 Å². The van der Waals surface area contributed by atoms with Gasteiger partial charge in [-0.3, -0.25) is 4.21 Å². The maximum absolute atomic E-state index is 12.6. The third-order valence-electron chi connectivity index (χ3n) is 3.15. The number of rotatable bonds is 2. The second kappa shape index (κ2) is 6.91. The van der Waals surface area contributed by atoms with E-state index in [1.54, 1.807) is 17.0 Å². The molecular weight excluding hydrogens is 326 g/mol. The van der Waals surface area contributed by atoms with Gasteiger partial charge in [0.15, 0.2) is 5.15 Å². The number of likely N-dealkylation sites (tertiary alicyclic amines) is 1. The molecule has 2 unspecified atom stereocenters. The molecule has 1 amide bonds. The molecule has 1 aliphatic rings. The van der Waals surface area contributed by atoms with Crippen molar-refractivity contribution in [3.63, 3.8) is 0 Å². The predicted molar refractivity (Wildman–Crippen MR) is 84.3 cm³/mol. The summed E-state index contributed by atoms with van der Waals surface area (Å²) in [5, 5.41) is 8.06. The van der Waals surface area contributed by atoms with Crippen LogP contribution in [-0.4, -0.2) is 49.3 Å². The number of nitrogens with zero attached hydrogens (tertiary/aromatic N) is 3. The molecule has 2 heterocycles. The van der Waals surface area contributed by atoms with Crippen LogP contribution in [0.3, 0.4) is 0 Å². The first-order valence-corrected chi connectivity index (χ1v) is 8.73. The van der Waals surface area contributed by atoms with Gasteiger partial charge in [0.25, 0.3) is 0 Å². The Bertz CT molecular complexity index is 559. The summed E-state index contributed by atoms with van der Waals surface area (Å²) in [7, 11) is -1.32. The van der Waals surface area contributed by atoms with Crippen molar-refractivity contribution in [3.8, 4) is 0 Å². The zero-order valence-electron chi connectivity index (χ0n) is 12.9. The maximum atomic E-state index is 12.6. The van der Waals surface area contributed by atoms with Crippen molar-refractivity contribution in [1.82, 2.24) is 15.1 Å². The molecule has 1 saturated heterocycles. The minimum Gasteiger partial charge on any atom is -0.444 e. The van der Waals surface area contributed by atoms with Crippen molar-refractivity contribution < 1.29 is 13.7 Å². The summed E-state index contributed by atoms with van der Waals surface area (Å²) in [4.78, 5) is 13.7. The number of carbonyl (C=O) groups excluding carboxylic acids is 1. The Morgan fingerprint density at radius 2 is 2.14 bits per heavy atom. The zero-order valence-corrected chi connectivity index (χ0v) is 14.5. The van der Waals surface area contributed by atoms with Crippen LogP contribution < -0.4 is 0 Å². The first-order valence-electron chi connectivity index (χ1n) is 7.14. The molecule has 2 rings (SSSR count). The molecule has 0 spiro atoms. The lowest BCUT2D eigenvalue weighted by atomic mass is 10.1. The van der Waals surface area contributed by atoms with Crippen LogP contribution in [0.1, 0.15) is 33.6 Å². The monoisotopic (exact) mass is 345 g/mol. The molecule has 0 N–H and O–H groups in total. The highest BCUT2D eigenvalue weighted by Crippen LogP contribution is 2.21. The van der Waals surface area contributed by atoms with Gasteiger partial charge in [-0.1, -0.05) is 11.6 Å². The van der Waals surface area contributed by atoms with Crippen LogP contribution in [0.4, 0.5) is 4.79 Å². The molecule has 1 fully saturated rings. The molecule has 2 atom stereocenters. The Kier molecular flexibility index (Phi) is 5.39. The van der Waals surface area contributed by atoms with E-state index in [1.807, 2.05) is 20.8 Å². The number of piperidine rings is 1. The molecule has 122 valence electrons. The molecule has 0 aliphatic carbocycles. The van der Waals surface area contributed by atoms with Crippen molar-refractivity contribution >= 4 is 28.5 Å². The lowest BCUT2D eigenvalue weighted by Gasteiger charge is -2.33.